The molecule has 0 saturated carbocycles. The zero-order chi connectivity index (χ0) is 15.9. The number of nitrogens with one attached hydrogen (secondary N) is 1. The number of carbonyl (C=O) groups is 1. The van der Waals surface area contributed by atoms with E-state index in [2.05, 4.69) is 5.32 Å². The first kappa shape index (κ1) is 16.1. The molecule has 1 aromatic heterocycles. The summed E-state index contributed by atoms with van der Waals surface area (Å²) in [7, 11) is 3.52. The predicted octanol–water partition coefficient (Wildman–Crippen LogP) is 2.42. The maximum Gasteiger partial charge on any atom is 0.237 e. The number of likely N-dealkylation sites (N-methyl/N-ethyl adjacent to an activating group) is 1. The summed E-state index contributed by atoms with van der Waals surface area (Å²) in [5.41, 5.74) is 0.958. The largest absolute Gasteiger partial charge is 0.496 e. The van der Waals surface area contributed by atoms with Crippen LogP contribution < -0.4 is 10.1 Å². The number of furan rings is 1. The van der Waals surface area contributed by atoms with Crippen molar-refractivity contribution in [3.63, 3.8) is 0 Å². The molecule has 5 heteroatoms. The molecule has 2 rings (SSSR count). The number of amides is 1. The molecule has 0 aliphatic carbocycles. The van der Waals surface area contributed by atoms with Gasteiger partial charge in [-0.25, -0.2) is 0 Å². The molecule has 0 aliphatic heterocycles. The Morgan fingerprint density at radius 3 is 2.77 bits per heavy atom. The van der Waals surface area contributed by atoms with E-state index in [9.17, 15) is 4.79 Å². The Balaban J connectivity index is 1.88. The molecule has 22 heavy (non-hydrogen) atoms. The van der Waals surface area contributed by atoms with Gasteiger partial charge in [-0.05, 0) is 32.2 Å². The molecule has 0 fully saturated rings. The summed E-state index contributed by atoms with van der Waals surface area (Å²) in [5.74, 6) is 1.59. The summed E-state index contributed by atoms with van der Waals surface area (Å²) in [5, 5.41) is 2.94. The lowest BCUT2D eigenvalue weighted by molar-refractivity contribution is -0.125. The van der Waals surface area contributed by atoms with Crippen LogP contribution in [-0.2, 0) is 17.9 Å². The van der Waals surface area contributed by atoms with Gasteiger partial charge in [0.15, 0.2) is 0 Å². The first-order valence-electron chi connectivity index (χ1n) is 7.24. The SMILES string of the molecule is COc1ccccc1CNC(=O)[C@H](C)N(C)Cc1ccco1. The number of rotatable bonds is 7. The molecule has 0 spiro atoms. The van der Waals surface area contributed by atoms with Gasteiger partial charge in [-0.3, -0.25) is 9.69 Å². The van der Waals surface area contributed by atoms with Gasteiger partial charge in [-0.15, -0.1) is 0 Å². The van der Waals surface area contributed by atoms with Crippen LogP contribution in [0.5, 0.6) is 5.75 Å². The maximum absolute atomic E-state index is 12.3. The normalized spacial score (nSPS) is 12.2. The van der Waals surface area contributed by atoms with Crippen molar-refractivity contribution in [3.05, 3.63) is 54.0 Å². The van der Waals surface area contributed by atoms with Gasteiger partial charge in [-0.1, -0.05) is 18.2 Å². The molecule has 1 N–H and O–H groups in total. The van der Waals surface area contributed by atoms with Crippen LogP contribution >= 0.6 is 0 Å². The standard InChI is InChI=1S/C17H22N2O3/c1-13(19(2)12-15-8-6-10-22-15)17(20)18-11-14-7-4-5-9-16(14)21-3/h4-10,13H,11-12H2,1-3H3,(H,18,20)/t13-/m0/s1. The van der Waals surface area contributed by atoms with Crippen LogP contribution in [0.1, 0.15) is 18.2 Å². The van der Waals surface area contributed by atoms with Gasteiger partial charge in [0.25, 0.3) is 0 Å². The Morgan fingerprint density at radius 2 is 2.09 bits per heavy atom. The average molecular weight is 302 g/mol. The summed E-state index contributed by atoms with van der Waals surface area (Å²) in [6.45, 7) is 2.92. The Labute approximate surface area is 130 Å². The Kier molecular flexibility index (Phi) is 5.61. The van der Waals surface area contributed by atoms with E-state index in [4.69, 9.17) is 9.15 Å². The van der Waals surface area contributed by atoms with E-state index in [0.717, 1.165) is 17.1 Å². The minimum atomic E-state index is -0.250. The Morgan fingerprint density at radius 1 is 1.32 bits per heavy atom. The molecule has 1 amide bonds. The zero-order valence-electron chi connectivity index (χ0n) is 13.2. The fourth-order valence-electron chi connectivity index (χ4n) is 2.16. The number of para-hydroxylation sites is 1. The number of methoxy groups -OCH3 is 1. The lowest BCUT2D eigenvalue weighted by Gasteiger charge is -2.23. The second kappa shape index (κ2) is 7.66. The van der Waals surface area contributed by atoms with Gasteiger partial charge in [0, 0.05) is 12.1 Å². The first-order chi connectivity index (χ1) is 10.6. The van der Waals surface area contributed by atoms with Crippen LogP contribution in [0.15, 0.2) is 47.1 Å². The Bertz CT molecular complexity index is 596. The molecule has 0 radical (unpaired) electrons. The maximum atomic E-state index is 12.3. The van der Waals surface area contributed by atoms with Crippen LogP contribution in [-0.4, -0.2) is 31.0 Å². The zero-order valence-corrected chi connectivity index (χ0v) is 13.2. The quantitative estimate of drug-likeness (QED) is 0.853. The molecular weight excluding hydrogens is 280 g/mol. The van der Waals surface area contributed by atoms with Crippen molar-refractivity contribution >= 4 is 5.91 Å². The van der Waals surface area contributed by atoms with Gasteiger partial charge in [-0.2, -0.15) is 0 Å². The predicted molar refractivity (Wildman–Crippen MR) is 84.5 cm³/mol. The number of hydrogen-bond acceptors (Lipinski definition) is 4. The summed E-state index contributed by atoms with van der Waals surface area (Å²) < 4.78 is 10.6. The smallest absolute Gasteiger partial charge is 0.237 e. The lowest BCUT2D eigenvalue weighted by atomic mass is 10.2. The van der Waals surface area contributed by atoms with Crippen LogP contribution in [0.4, 0.5) is 0 Å². The molecule has 118 valence electrons. The summed E-state index contributed by atoms with van der Waals surface area (Å²) in [6.07, 6.45) is 1.63. The van der Waals surface area contributed by atoms with Gasteiger partial charge in [0.2, 0.25) is 5.91 Å². The van der Waals surface area contributed by atoms with E-state index in [1.807, 2.05) is 55.3 Å². The topological polar surface area (TPSA) is 54.7 Å². The van der Waals surface area contributed by atoms with Crippen LogP contribution in [0.3, 0.4) is 0 Å². The molecule has 1 heterocycles. The third-order valence-electron chi connectivity index (χ3n) is 3.67. The number of nitrogens with zero attached hydrogens (tertiary/aromatic N) is 1. The van der Waals surface area contributed by atoms with Crippen molar-refractivity contribution in [3.8, 4) is 5.75 Å². The fourth-order valence-corrected chi connectivity index (χ4v) is 2.16. The van der Waals surface area contributed by atoms with Crippen molar-refractivity contribution < 1.29 is 13.9 Å². The third kappa shape index (κ3) is 4.11. The van der Waals surface area contributed by atoms with E-state index in [1.165, 1.54) is 0 Å². The van der Waals surface area contributed by atoms with Crippen LogP contribution in [0.2, 0.25) is 0 Å². The minimum Gasteiger partial charge on any atom is -0.496 e. The highest BCUT2D eigenvalue weighted by Gasteiger charge is 2.19. The number of hydrogen-bond donors (Lipinski definition) is 1. The fraction of sp³-hybridized carbons (Fsp3) is 0.353. The average Bonchev–Trinajstić information content (AvgIpc) is 3.04. The van der Waals surface area contributed by atoms with Crippen LogP contribution in [0, 0.1) is 0 Å². The van der Waals surface area contributed by atoms with Gasteiger partial charge in [0.1, 0.15) is 11.5 Å². The Hall–Kier alpha value is -2.27. The van der Waals surface area contributed by atoms with Gasteiger partial charge >= 0.3 is 0 Å². The van der Waals surface area contributed by atoms with Crippen molar-refractivity contribution in [2.45, 2.75) is 26.1 Å². The number of ether oxygens (including phenoxy) is 1. The van der Waals surface area contributed by atoms with Crippen molar-refractivity contribution in [1.82, 2.24) is 10.2 Å². The molecule has 5 nitrogen and oxygen atoms in total. The van der Waals surface area contributed by atoms with Crippen molar-refractivity contribution in [2.24, 2.45) is 0 Å². The summed E-state index contributed by atoms with van der Waals surface area (Å²) in [6, 6.07) is 11.1. The summed E-state index contributed by atoms with van der Waals surface area (Å²) in [4.78, 5) is 14.2. The molecule has 1 aromatic carbocycles. The number of carbonyl (C=O) groups excluding carboxylic acids is 1. The second-order valence-electron chi connectivity index (χ2n) is 5.20. The third-order valence-corrected chi connectivity index (χ3v) is 3.67. The highest BCUT2D eigenvalue weighted by atomic mass is 16.5. The van der Waals surface area contributed by atoms with Crippen molar-refractivity contribution in [1.29, 1.82) is 0 Å². The van der Waals surface area contributed by atoms with E-state index in [-0.39, 0.29) is 11.9 Å². The number of benzene rings is 1. The van der Waals surface area contributed by atoms with E-state index >= 15 is 0 Å². The van der Waals surface area contributed by atoms with Gasteiger partial charge < -0.3 is 14.5 Å². The molecule has 1 atom stereocenters. The molecule has 0 bridgehead atoms. The molecule has 2 aromatic rings. The van der Waals surface area contributed by atoms with Gasteiger partial charge in [0.05, 0.1) is 26.0 Å². The molecule has 0 saturated heterocycles. The van der Waals surface area contributed by atoms with Crippen LogP contribution in [0.25, 0.3) is 0 Å². The minimum absolute atomic E-state index is 0.0278. The first-order valence-corrected chi connectivity index (χ1v) is 7.24. The monoisotopic (exact) mass is 302 g/mol. The van der Waals surface area contributed by atoms with E-state index in [1.54, 1.807) is 13.4 Å². The molecular formula is C17H22N2O3. The van der Waals surface area contributed by atoms with E-state index < -0.39 is 0 Å². The molecule has 0 aliphatic rings. The highest BCUT2D eigenvalue weighted by molar-refractivity contribution is 5.81. The second-order valence-corrected chi connectivity index (χ2v) is 5.20. The molecule has 0 unspecified atom stereocenters. The van der Waals surface area contributed by atoms with Crippen molar-refractivity contribution in [2.75, 3.05) is 14.2 Å². The highest BCUT2D eigenvalue weighted by Crippen LogP contribution is 2.16. The van der Waals surface area contributed by atoms with E-state index in [0.29, 0.717) is 13.1 Å². The summed E-state index contributed by atoms with van der Waals surface area (Å²) >= 11 is 0. The lowest BCUT2D eigenvalue weighted by Crippen LogP contribution is -2.42.